The Morgan fingerprint density at radius 1 is 1.40 bits per heavy atom. The molecule has 0 radical (unpaired) electrons. The predicted octanol–water partition coefficient (Wildman–Crippen LogP) is 0.628. The van der Waals surface area contributed by atoms with E-state index in [1.807, 2.05) is 0 Å². The van der Waals surface area contributed by atoms with Gasteiger partial charge in [-0.3, -0.25) is 4.79 Å². The minimum Gasteiger partial charge on any atom is -0.330 e. The summed E-state index contributed by atoms with van der Waals surface area (Å²) in [6.45, 7) is 1.76. The third kappa shape index (κ3) is 2.86. The first kappa shape index (κ1) is 14.2. The molecular weight excluding hydrogens is 280 g/mol. The second-order valence-corrected chi connectivity index (χ2v) is 5.93. The summed E-state index contributed by atoms with van der Waals surface area (Å²) in [6.07, 6.45) is 2.93. The highest BCUT2D eigenvalue weighted by atomic mass is 32.2. The SMILES string of the molecule is Cc1ccc(S(N)(=O)=O)cc1NC(=O)c1cncn1C. The van der Waals surface area contributed by atoms with Gasteiger partial charge in [-0.15, -0.1) is 0 Å². The van der Waals surface area contributed by atoms with Crippen LogP contribution < -0.4 is 10.5 Å². The van der Waals surface area contributed by atoms with Gasteiger partial charge in [-0.1, -0.05) is 6.07 Å². The number of benzene rings is 1. The lowest BCUT2D eigenvalue weighted by Crippen LogP contribution is -2.17. The van der Waals surface area contributed by atoms with Gasteiger partial charge in [0.2, 0.25) is 10.0 Å². The second kappa shape index (κ2) is 5.06. The van der Waals surface area contributed by atoms with E-state index < -0.39 is 10.0 Å². The van der Waals surface area contributed by atoms with Gasteiger partial charge in [0, 0.05) is 12.7 Å². The molecule has 0 spiro atoms. The molecule has 20 heavy (non-hydrogen) atoms. The molecule has 2 rings (SSSR count). The number of primary sulfonamides is 1. The standard InChI is InChI=1S/C12H14N4O3S/c1-8-3-4-9(20(13,18)19)5-10(8)15-12(17)11-6-14-7-16(11)2/h3-7H,1-2H3,(H,15,17)(H2,13,18,19). The average molecular weight is 294 g/mol. The van der Waals surface area contributed by atoms with Crippen LogP contribution >= 0.6 is 0 Å². The number of amides is 1. The molecule has 0 unspecified atom stereocenters. The maximum absolute atomic E-state index is 12.1. The zero-order valence-corrected chi connectivity index (χ0v) is 11.8. The molecule has 0 aliphatic rings. The van der Waals surface area contributed by atoms with Crippen molar-refractivity contribution in [1.29, 1.82) is 0 Å². The molecule has 1 aromatic heterocycles. The summed E-state index contributed by atoms with van der Waals surface area (Å²) in [4.78, 5) is 15.9. The minimum absolute atomic E-state index is 0.0524. The zero-order valence-electron chi connectivity index (χ0n) is 11.0. The maximum Gasteiger partial charge on any atom is 0.273 e. The van der Waals surface area contributed by atoms with Crippen LogP contribution in [-0.4, -0.2) is 23.9 Å². The lowest BCUT2D eigenvalue weighted by molar-refractivity contribution is 0.101. The Balaban J connectivity index is 2.34. The summed E-state index contributed by atoms with van der Waals surface area (Å²) >= 11 is 0. The Labute approximate surface area is 116 Å². The van der Waals surface area contributed by atoms with E-state index in [4.69, 9.17) is 5.14 Å². The summed E-state index contributed by atoms with van der Waals surface area (Å²) < 4.78 is 24.2. The molecule has 3 N–H and O–H groups in total. The topological polar surface area (TPSA) is 107 Å². The van der Waals surface area contributed by atoms with Crippen LogP contribution in [0, 0.1) is 6.92 Å². The second-order valence-electron chi connectivity index (χ2n) is 4.37. The number of carbonyl (C=O) groups excluding carboxylic acids is 1. The normalized spacial score (nSPS) is 11.3. The number of carbonyl (C=O) groups is 1. The zero-order chi connectivity index (χ0) is 14.9. The van der Waals surface area contributed by atoms with Crippen LogP contribution in [0.25, 0.3) is 0 Å². The van der Waals surface area contributed by atoms with E-state index >= 15 is 0 Å². The van der Waals surface area contributed by atoms with E-state index in [1.54, 1.807) is 24.6 Å². The number of sulfonamides is 1. The van der Waals surface area contributed by atoms with Crippen molar-refractivity contribution in [3.8, 4) is 0 Å². The summed E-state index contributed by atoms with van der Waals surface area (Å²) in [7, 11) is -2.12. The molecule has 1 aromatic carbocycles. The van der Waals surface area contributed by atoms with Gasteiger partial charge in [0.1, 0.15) is 5.69 Å². The Morgan fingerprint density at radius 2 is 2.10 bits per heavy atom. The van der Waals surface area contributed by atoms with Gasteiger partial charge in [0.15, 0.2) is 0 Å². The van der Waals surface area contributed by atoms with Crippen LogP contribution in [0.5, 0.6) is 0 Å². The summed E-state index contributed by atoms with van der Waals surface area (Å²) in [5.41, 5.74) is 1.49. The van der Waals surface area contributed by atoms with Gasteiger partial charge in [-0.2, -0.15) is 0 Å². The number of nitrogens with zero attached hydrogens (tertiary/aromatic N) is 2. The molecule has 0 aliphatic carbocycles. The first-order valence-corrected chi connectivity index (χ1v) is 7.25. The number of nitrogens with two attached hydrogens (primary N) is 1. The van der Waals surface area contributed by atoms with Crippen LogP contribution in [-0.2, 0) is 17.1 Å². The first-order valence-electron chi connectivity index (χ1n) is 5.70. The molecule has 0 fully saturated rings. The molecule has 0 bridgehead atoms. The number of aryl methyl sites for hydroxylation is 2. The molecule has 0 atom stereocenters. The van der Waals surface area contributed by atoms with E-state index in [9.17, 15) is 13.2 Å². The van der Waals surface area contributed by atoms with Crippen molar-refractivity contribution in [3.63, 3.8) is 0 Å². The van der Waals surface area contributed by atoms with Crippen LogP contribution in [0.3, 0.4) is 0 Å². The molecule has 0 aliphatic heterocycles. The minimum atomic E-state index is -3.81. The van der Waals surface area contributed by atoms with E-state index in [0.717, 1.165) is 5.56 Å². The van der Waals surface area contributed by atoms with E-state index in [-0.39, 0.29) is 10.8 Å². The van der Waals surface area contributed by atoms with Crippen molar-refractivity contribution in [2.24, 2.45) is 12.2 Å². The third-order valence-corrected chi connectivity index (χ3v) is 3.75. The average Bonchev–Trinajstić information content (AvgIpc) is 2.77. The summed E-state index contributed by atoms with van der Waals surface area (Å²) in [5.74, 6) is -0.375. The highest BCUT2D eigenvalue weighted by Crippen LogP contribution is 2.20. The number of rotatable bonds is 3. The van der Waals surface area contributed by atoms with Crippen LogP contribution in [0.4, 0.5) is 5.69 Å². The molecule has 1 amide bonds. The molecule has 2 aromatic rings. The van der Waals surface area contributed by atoms with Gasteiger partial charge >= 0.3 is 0 Å². The van der Waals surface area contributed by atoms with Crippen molar-refractivity contribution in [3.05, 3.63) is 42.0 Å². The lowest BCUT2D eigenvalue weighted by Gasteiger charge is -2.10. The van der Waals surface area contributed by atoms with Crippen LogP contribution in [0.2, 0.25) is 0 Å². The molecule has 0 saturated carbocycles. The number of imidazole rings is 1. The number of nitrogens with one attached hydrogen (secondary N) is 1. The number of hydrogen-bond donors (Lipinski definition) is 2. The van der Waals surface area contributed by atoms with Crippen LogP contribution in [0.1, 0.15) is 16.1 Å². The fraction of sp³-hybridized carbons (Fsp3) is 0.167. The molecule has 7 nitrogen and oxygen atoms in total. The third-order valence-electron chi connectivity index (χ3n) is 2.84. The Bertz CT molecular complexity index is 765. The predicted molar refractivity (Wildman–Crippen MR) is 73.7 cm³/mol. The van der Waals surface area contributed by atoms with Crippen molar-refractivity contribution >= 4 is 21.6 Å². The van der Waals surface area contributed by atoms with Crippen molar-refractivity contribution in [2.45, 2.75) is 11.8 Å². The lowest BCUT2D eigenvalue weighted by atomic mass is 10.2. The van der Waals surface area contributed by atoms with Gasteiger partial charge in [-0.05, 0) is 24.6 Å². The van der Waals surface area contributed by atoms with E-state index in [1.165, 1.54) is 24.7 Å². The Hall–Kier alpha value is -2.19. The van der Waals surface area contributed by atoms with Gasteiger partial charge in [0.05, 0.1) is 17.4 Å². The van der Waals surface area contributed by atoms with Gasteiger partial charge < -0.3 is 9.88 Å². The molecule has 8 heteroatoms. The van der Waals surface area contributed by atoms with Gasteiger partial charge in [0.25, 0.3) is 5.91 Å². The van der Waals surface area contributed by atoms with Crippen molar-refractivity contribution < 1.29 is 13.2 Å². The molecule has 106 valence electrons. The largest absolute Gasteiger partial charge is 0.330 e. The quantitative estimate of drug-likeness (QED) is 0.865. The smallest absolute Gasteiger partial charge is 0.273 e. The summed E-state index contributed by atoms with van der Waals surface area (Å²) in [5, 5.41) is 7.72. The number of hydrogen-bond acceptors (Lipinski definition) is 4. The highest BCUT2D eigenvalue weighted by Gasteiger charge is 2.14. The summed E-state index contributed by atoms with van der Waals surface area (Å²) in [6, 6.07) is 4.31. The highest BCUT2D eigenvalue weighted by molar-refractivity contribution is 7.89. The number of anilines is 1. The van der Waals surface area contributed by atoms with E-state index in [2.05, 4.69) is 10.3 Å². The Morgan fingerprint density at radius 3 is 2.65 bits per heavy atom. The molecular formula is C12H14N4O3S. The first-order chi connectivity index (χ1) is 9.29. The molecule has 1 heterocycles. The maximum atomic E-state index is 12.1. The fourth-order valence-electron chi connectivity index (χ4n) is 1.68. The van der Waals surface area contributed by atoms with Crippen LogP contribution in [0.15, 0.2) is 35.6 Å². The van der Waals surface area contributed by atoms with Crippen molar-refractivity contribution in [2.75, 3.05) is 5.32 Å². The number of aromatic nitrogens is 2. The van der Waals surface area contributed by atoms with Gasteiger partial charge in [-0.25, -0.2) is 18.5 Å². The van der Waals surface area contributed by atoms with E-state index in [0.29, 0.717) is 11.4 Å². The molecule has 0 saturated heterocycles. The Kier molecular flexibility index (Phi) is 3.60. The van der Waals surface area contributed by atoms with Crippen molar-refractivity contribution in [1.82, 2.24) is 9.55 Å². The fourth-order valence-corrected chi connectivity index (χ4v) is 2.21. The monoisotopic (exact) mass is 294 g/mol.